The van der Waals surface area contributed by atoms with E-state index in [0.29, 0.717) is 4.47 Å². The lowest BCUT2D eigenvalue weighted by molar-refractivity contribution is -0.275. The molecule has 1 aromatic heterocycles. The van der Waals surface area contributed by atoms with Crippen LogP contribution in [0.2, 0.25) is 0 Å². The molecule has 0 aliphatic rings. The van der Waals surface area contributed by atoms with Gasteiger partial charge in [-0.15, -0.1) is 13.2 Å². The lowest BCUT2D eigenvalue weighted by atomic mass is 10.3. The van der Waals surface area contributed by atoms with Gasteiger partial charge in [-0.25, -0.2) is 9.97 Å². The summed E-state index contributed by atoms with van der Waals surface area (Å²) in [5.41, 5.74) is 0. The molecular weight excluding hydrogens is 329 g/mol. The third-order valence-corrected chi connectivity index (χ3v) is 2.28. The van der Waals surface area contributed by atoms with Crippen molar-refractivity contribution in [1.29, 1.82) is 0 Å². The first-order valence-corrected chi connectivity index (χ1v) is 5.73. The largest absolute Gasteiger partial charge is 0.573 e. The van der Waals surface area contributed by atoms with E-state index in [9.17, 15) is 13.2 Å². The molecule has 0 saturated heterocycles. The van der Waals surface area contributed by atoms with E-state index in [2.05, 4.69) is 30.6 Å². The van der Waals surface area contributed by atoms with Crippen molar-refractivity contribution in [2.45, 2.75) is 6.36 Å². The maximum Gasteiger partial charge on any atom is 0.573 e. The van der Waals surface area contributed by atoms with Crippen molar-refractivity contribution < 1.29 is 22.6 Å². The van der Waals surface area contributed by atoms with E-state index in [4.69, 9.17) is 4.74 Å². The quantitative estimate of drug-likeness (QED) is 0.853. The maximum atomic E-state index is 12.2. The molecule has 0 saturated carbocycles. The number of aromatic nitrogens is 2. The smallest absolute Gasteiger partial charge is 0.420 e. The van der Waals surface area contributed by atoms with Gasteiger partial charge in [0.25, 0.3) is 0 Å². The highest BCUT2D eigenvalue weighted by atomic mass is 79.9. The van der Waals surface area contributed by atoms with Gasteiger partial charge in [0.05, 0.1) is 4.47 Å². The normalized spacial score (nSPS) is 11.2. The molecule has 0 bridgehead atoms. The van der Waals surface area contributed by atoms with Crippen LogP contribution in [0.3, 0.4) is 0 Å². The van der Waals surface area contributed by atoms with E-state index in [1.807, 2.05) is 0 Å². The van der Waals surface area contributed by atoms with Gasteiger partial charge in [-0.2, -0.15) is 0 Å². The Morgan fingerprint density at radius 2 is 1.58 bits per heavy atom. The van der Waals surface area contributed by atoms with Gasteiger partial charge in [-0.3, -0.25) is 0 Å². The molecule has 1 heterocycles. The average Bonchev–Trinajstić information content (AvgIpc) is 2.33. The van der Waals surface area contributed by atoms with Crippen LogP contribution < -0.4 is 9.47 Å². The minimum Gasteiger partial charge on any atom is -0.420 e. The Morgan fingerprint density at radius 1 is 1.00 bits per heavy atom. The summed E-state index contributed by atoms with van der Waals surface area (Å²) in [4.78, 5) is 7.59. The molecule has 100 valence electrons. The van der Waals surface area contributed by atoms with E-state index in [0.717, 1.165) is 6.07 Å². The summed E-state index contributed by atoms with van der Waals surface area (Å²) < 4.78 is 46.2. The third kappa shape index (κ3) is 4.09. The van der Waals surface area contributed by atoms with Gasteiger partial charge >= 0.3 is 12.4 Å². The van der Waals surface area contributed by atoms with Crippen molar-refractivity contribution in [2.24, 2.45) is 0 Å². The number of rotatable bonds is 3. The van der Waals surface area contributed by atoms with Crippen molar-refractivity contribution in [2.75, 3.05) is 0 Å². The van der Waals surface area contributed by atoms with Crippen LogP contribution in [-0.2, 0) is 0 Å². The van der Waals surface area contributed by atoms with Crippen LogP contribution in [0, 0.1) is 0 Å². The molecule has 0 unspecified atom stereocenters. The SMILES string of the molecule is FC(F)(F)Oc1ccccc1Oc1ncc(Br)cn1. The Balaban J connectivity index is 2.22. The lowest BCUT2D eigenvalue weighted by Gasteiger charge is -2.12. The van der Waals surface area contributed by atoms with Crippen molar-refractivity contribution in [3.63, 3.8) is 0 Å². The average molecular weight is 335 g/mol. The zero-order valence-electron chi connectivity index (χ0n) is 9.19. The first-order valence-electron chi connectivity index (χ1n) is 4.94. The Hall–Kier alpha value is -1.83. The van der Waals surface area contributed by atoms with Gasteiger partial charge in [0, 0.05) is 12.4 Å². The fraction of sp³-hybridized carbons (Fsp3) is 0.0909. The number of alkyl halides is 3. The topological polar surface area (TPSA) is 44.2 Å². The Labute approximate surface area is 114 Å². The molecule has 0 spiro atoms. The summed E-state index contributed by atoms with van der Waals surface area (Å²) in [6.45, 7) is 0. The van der Waals surface area contributed by atoms with Crippen LogP contribution in [0.25, 0.3) is 0 Å². The predicted octanol–water partition coefficient (Wildman–Crippen LogP) is 3.93. The van der Waals surface area contributed by atoms with E-state index in [1.54, 1.807) is 0 Å². The summed E-state index contributed by atoms with van der Waals surface area (Å²) in [6, 6.07) is 5.29. The molecule has 4 nitrogen and oxygen atoms in total. The molecule has 2 rings (SSSR count). The number of halogens is 4. The van der Waals surface area contributed by atoms with Crippen LogP contribution in [0.5, 0.6) is 17.5 Å². The van der Waals surface area contributed by atoms with Crippen molar-refractivity contribution in [3.8, 4) is 17.5 Å². The molecule has 19 heavy (non-hydrogen) atoms. The minimum atomic E-state index is -4.79. The van der Waals surface area contributed by atoms with E-state index in [1.165, 1.54) is 30.6 Å². The third-order valence-electron chi connectivity index (χ3n) is 1.87. The Kier molecular flexibility index (Phi) is 3.89. The molecular formula is C11H6BrF3N2O2. The second-order valence-corrected chi connectivity index (χ2v) is 4.20. The number of hydrogen-bond acceptors (Lipinski definition) is 4. The van der Waals surface area contributed by atoms with Gasteiger partial charge in [-0.05, 0) is 28.1 Å². The second-order valence-electron chi connectivity index (χ2n) is 3.28. The number of hydrogen-bond donors (Lipinski definition) is 0. The summed E-state index contributed by atoms with van der Waals surface area (Å²) >= 11 is 3.13. The molecule has 0 aliphatic carbocycles. The van der Waals surface area contributed by atoms with Crippen LogP contribution in [0.1, 0.15) is 0 Å². The van der Waals surface area contributed by atoms with Gasteiger partial charge < -0.3 is 9.47 Å². The lowest BCUT2D eigenvalue weighted by Crippen LogP contribution is -2.17. The van der Waals surface area contributed by atoms with Gasteiger partial charge in [-0.1, -0.05) is 12.1 Å². The highest BCUT2D eigenvalue weighted by Gasteiger charge is 2.32. The van der Waals surface area contributed by atoms with Crippen LogP contribution in [0.15, 0.2) is 41.1 Å². The number of nitrogens with zero attached hydrogens (tertiary/aromatic N) is 2. The Bertz CT molecular complexity index is 561. The van der Waals surface area contributed by atoms with E-state index in [-0.39, 0.29) is 11.8 Å². The minimum absolute atomic E-state index is 0.0820. The summed E-state index contributed by atoms with van der Waals surface area (Å²) in [6.07, 6.45) is -1.97. The second kappa shape index (κ2) is 5.43. The number of benzene rings is 1. The summed E-state index contributed by atoms with van der Waals surface area (Å²) in [5, 5.41) is 0. The molecule has 0 atom stereocenters. The summed E-state index contributed by atoms with van der Waals surface area (Å²) in [5.74, 6) is -0.580. The highest BCUT2D eigenvalue weighted by Crippen LogP contribution is 2.33. The first-order chi connectivity index (χ1) is 8.94. The first kappa shape index (κ1) is 13.6. The fourth-order valence-electron chi connectivity index (χ4n) is 1.19. The molecule has 0 fully saturated rings. The van der Waals surface area contributed by atoms with Crippen LogP contribution in [0.4, 0.5) is 13.2 Å². The zero-order chi connectivity index (χ0) is 13.9. The fourth-order valence-corrected chi connectivity index (χ4v) is 1.40. The molecule has 0 aliphatic heterocycles. The number of ether oxygens (including phenoxy) is 2. The van der Waals surface area contributed by atoms with E-state index < -0.39 is 12.1 Å². The van der Waals surface area contributed by atoms with Gasteiger partial charge in [0.15, 0.2) is 11.5 Å². The van der Waals surface area contributed by atoms with E-state index >= 15 is 0 Å². The zero-order valence-corrected chi connectivity index (χ0v) is 10.8. The molecule has 0 amide bonds. The van der Waals surface area contributed by atoms with Gasteiger partial charge in [0.2, 0.25) is 0 Å². The standard InChI is InChI=1S/C11H6BrF3N2O2/c12-7-5-16-10(17-6-7)18-8-3-1-2-4-9(8)19-11(13,14)15/h1-6H. The summed E-state index contributed by atoms with van der Waals surface area (Å²) in [7, 11) is 0. The molecule has 0 N–H and O–H groups in total. The van der Waals surface area contributed by atoms with Crippen LogP contribution in [-0.4, -0.2) is 16.3 Å². The number of para-hydroxylation sites is 2. The molecule has 8 heteroatoms. The van der Waals surface area contributed by atoms with Crippen LogP contribution >= 0.6 is 15.9 Å². The van der Waals surface area contributed by atoms with Crippen molar-refractivity contribution in [1.82, 2.24) is 9.97 Å². The maximum absolute atomic E-state index is 12.2. The molecule has 0 radical (unpaired) electrons. The highest BCUT2D eigenvalue weighted by molar-refractivity contribution is 9.10. The monoisotopic (exact) mass is 334 g/mol. The Morgan fingerprint density at radius 3 is 2.16 bits per heavy atom. The molecule has 2 aromatic rings. The van der Waals surface area contributed by atoms with Gasteiger partial charge in [0.1, 0.15) is 0 Å². The predicted molar refractivity (Wildman–Crippen MR) is 62.9 cm³/mol. The van der Waals surface area contributed by atoms with Crippen molar-refractivity contribution >= 4 is 15.9 Å². The van der Waals surface area contributed by atoms with Crippen molar-refractivity contribution in [3.05, 3.63) is 41.1 Å². The molecule has 1 aromatic carbocycles.